The molecule has 2 aromatic carbocycles. The zero-order chi connectivity index (χ0) is 20.3. The van der Waals surface area contributed by atoms with E-state index in [-0.39, 0.29) is 10.7 Å². The SMILES string of the molecule is C=CCOc1ccc(Br)cc1/C=C1\C(=O)NC(=S)N(c2ccc(C)cc2)C1=O. The summed E-state index contributed by atoms with van der Waals surface area (Å²) in [5, 5.41) is 2.63. The van der Waals surface area contributed by atoms with Crippen molar-refractivity contribution in [2.75, 3.05) is 11.5 Å². The summed E-state index contributed by atoms with van der Waals surface area (Å²) in [5.41, 5.74) is 2.20. The van der Waals surface area contributed by atoms with Crippen LogP contribution in [0.4, 0.5) is 5.69 Å². The smallest absolute Gasteiger partial charge is 0.270 e. The Kier molecular flexibility index (Phi) is 6.06. The van der Waals surface area contributed by atoms with Gasteiger partial charge < -0.3 is 4.74 Å². The molecule has 0 aliphatic carbocycles. The average molecular weight is 457 g/mol. The Morgan fingerprint density at radius 3 is 2.61 bits per heavy atom. The van der Waals surface area contributed by atoms with E-state index in [1.54, 1.807) is 30.3 Å². The highest BCUT2D eigenvalue weighted by Gasteiger charge is 2.34. The van der Waals surface area contributed by atoms with Gasteiger partial charge in [0, 0.05) is 10.0 Å². The quantitative estimate of drug-likeness (QED) is 0.317. The Labute approximate surface area is 176 Å². The number of rotatable bonds is 5. The number of hydrogen-bond donors (Lipinski definition) is 1. The van der Waals surface area contributed by atoms with E-state index in [1.807, 2.05) is 25.1 Å². The highest BCUT2D eigenvalue weighted by Crippen LogP contribution is 2.28. The topological polar surface area (TPSA) is 58.6 Å². The molecule has 0 radical (unpaired) electrons. The van der Waals surface area contributed by atoms with Gasteiger partial charge in [0.2, 0.25) is 0 Å². The van der Waals surface area contributed by atoms with Crippen molar-refractivity contribution in [1.29, 1.82) is 0 Å². The number of carbonyl (C=O) groups excluding carboxylic acids is 2. The van der Waals surface area contributed by atoms with Crippen LogP contribution in [-0.4, -0.2) is 23.5 Å². The van der Waals surface area contributed by atoms with E-state index in [0.29, 0.717) is 23.6 Å². The number of anilines is 1. The molecule has 2 amide bonds. The molecular formula is C21H17BrN2O3S. The molecule has 0 aromatic heterocycles. The van der Waals surface area contributed by atoms with Gasteiger partial charge in [-0.1, -0.05) is 46.3 Å². The van der Waals surface area contributed by atoms with E-state index >= 15 is 0 Å². The normalized spacial score (nSPS) is 15.6. The van der Waals surface area contributed by atoms with E-state index in [1.165, 1.54) is 11.0 Å². The summed E-state index contributed by atoms with van der Waals surface area (Å²) in [5.74, 6) is -0.508. The monoisotopic (exact) mass is 456 g/mol. The van der Waals surface area contributed by atoms with Gasteiger partial charge in [0.15, 0.2) is 5.11 Å². The molecule has 28 heavy (non-hydrogen) atoms. The van der Waals surface area contributed by atoms with Gasteiger partial charge in [0.1, 0.15) is 17.9 Å². The molecule has 0 spiro atoms. The summed E-state index contributed by atoms with van der Waals surface area (Å²) >= 11 is 8.62. The third kappa shape index (κ3) is 4.21. The molecule has 0 unspecified atom stereocenters. The molecule has 1 saturated heterocycles. The number of benzene rings is 2. The number of nitrogens with one attached hydrogen (secondary N) is 1. The largest absolute Gasteiger partial charge is 0.489 e. The van der Waals surface area contributed by atoms with Crippen LogP contribution in [-0.2, 0) is 9.59 Å². The number of halogens is 1. The predicted molar refractivity (Wildman–Crippen MR) is 117 cm³/mol. The van der Waals surface area contributed by atoms with Gasteiger partial charge in [-0.05, 0) is 55.5 Å². The third-order valence-electron chi connectivity index (χ3n) is 4.02. The highest BCUT2D eigenvalue weighted by molar-refractivity contribution is 9.10. The van der Waals surface area contributed by atoms with Crippen molar-refractivity contribution in [2.24, 2.45) is 0 Å². The van der Waals surface area contributed by atoms with Crippen molar-refractivity contribution in [2.45, 2.75) is 6.92 Å². The summed E-state index contributed by atoms with van der Waals surface area (Å²) < 4.78 is 6.42. The number of amides is 2. The first kappa shape index (κ1) is 20.0. The summed E-state index contributed by atoms with van der Waals surface area (Å²) in [7, 11) is 0. The molecule has 1 heterocycles. The molecule has 2 aromatic rings. The molecule has 3 rings (SSSR count). The maximum atomic E-state index is 13.1. The Morgan fingerprint density at radius 1 is 1.21 bits per heavy atom. The fraction of sp³-hybridized carbons (Fsp3) is 0.0952. The lowest BCUT2D eigenvalue weighted by Crippen LogP contribution is -2.54. The minimum Gasteiger partial charge on any atom is -0.489 e. The van der Waals surface area contributed by atoms with Gasteiger partial charge in [-0.25, -0.2) is 0 Å². The minimum atomic E-state index is -0.548. The van der Waals surface area contributed by atoms with Crippen LogP contribution >= 0.6 is 28.1 Å². The molecular weight excluding hydrogens is 440 g/mol. The number of hydrogen-bond acceptors (Lipinski definition) is 4. The fourth-order valence-electron chi connectivity index (χ4n) is 2.65. The van der Waals surface area contributed by atoms with Gasteiger partial charge in [0.25, 0.3) is 11.8 Å². The molecule has 0 atom stereocenters. The first-order valence-corrected chi connectivity index (χ1v) is 9.62. The molecule has 1 aliphatic heterocycles. The lowest BCUT2D eigenvalue weighted by molar-refractivity contribution is -0.122. The van der Waals surface area contributed by atoms with Gasteiger partial charge >= 0.3 is 0 Å². The summed E-state index contributed by atoms with van der Waals surface area (Å²) in [6.07, 6.45) is 3.12. The zero-order valence-corrected chi connectivity index (χ0v) is 17.5. The maximum absolute atomic E-state index is 13.1. The standard InChI is InChI=1S/C21H17BrN2O3S/c1-3-10-27-18-9-6-15(22)11-14(18)12-17-19(25)23-21(28)24(20(17)26)16-7-4-13(2)5-8-16/h3-9,11-12H,1,10H2,2H3,(H,23,25,28)/b17-12+. The summed E-state index contributed by atoms with van der Waals surface area (Å²) in [6, 6.07) is 12.7. The van der Waals surface area contributed by atoms with Crippen LogP contribution in [0.15, 0.2) is 65.2 Å². The van der Waals surface area contributed by atoms with Crippen LogP contribution in [0.5, 0.6) is 5.75 Å². The minimum absolute atomic E-state index is 0.0317. The molecule has 1 N–H and O–H groups in total. The number of carbonyl (C=O) groups is 2. The van der Waals surface area contributed by atoms with E-state index in [2.05, 4.69) is 27.8 Å². The van der Waals surface area contributed by atoms with Crippen molar-refractivity contribution < 1.29 is 14.3 Å². The molecule has 1 aliphatic rings. The van der Waals surface area contributed by atoms with Crippen LogP contribution in [0.25, 0.3) is 6.08 Å². The van der Waals surface area contributed by atoms with Crippen LogP contribution in [0.1, 0.15) is 11.1 Å². The van der Waals surface area contributed by atoms with E-state index in [9.17, 15) is 9.59 Å². The molecule has 0 saturated carbocycles. The Hall–Kier alpha value is -2.77. The lowest BCUT2D eigenvalue weighted by atomic mass is 10.1. The van der Waals surface area contributed by atoms with Gasteiger partial charge in [0.05, 0.1) is 5.69 Å². The highest BCUT2D eigenvalue weighted by atomic mass is 79.9. The molecule has 142 valence electrons. The van der Waals surface area contributed by atoms with Crippen LogP contribution in [0.3, 0.4) is 0 Å². The number of aryl methyl sites for hydroxylation is 1. The summed E-state index contributed by atoms with van der Waals surface area (Å²) in [6.45, 7) is 5.88. The molecule has 1 fully saturated rings. The zero-order valence-electron chi connectivity index (χ0n) is 15.1. The van der Waals surface area contributed by atoms with E-state index < -0.39 is 11.8 Å². The average Bonchev–Trinajstić information content (AvgIpc) is 2.66. The first-order chi connectivity index (χ1) is 13.4. The Morgan fingerprint density at radius 2 is 1.93 bits per heavy atom. The first-order valence-electron chi connectivity index (χ1n) is 8.42. The molecule has 0 bridgehead atoms. The number of thiocarbonyl (C=S) groups is 1. The number of nitrogens with zero attached hydrogens (tertiary/aromatic N) is 1. The second kappa shape index (κ2) is 8.50. The second-order valence-corrected chi connectivity index (χ2v) is 7.38. The predicted octanol–water partition coefficient (Wildman–Crippen LogP) is 4.15. The maximum Gasteiger partial charge on any atom is 0.270 e. The number of ether oxygens (including phenoxy) is 1. The molecule has 5 nitrogen and oxygen atoms in total. The third-order valence-corrected chi connectivity index (χ3v) is 4.80. The van der Waals surface area contributed by atoms with Gasteiger partial charge in [-0.15, -0.1) is 0 Å². The van der Waals surface area contributed by atoms with Crippen molar-refractivity contribution in [3.8, 4) is 5.75 Å². The Bertz CT molecular complexity index is 999. The van der Waals surface area contributed by atoms with Crippen molar-refractivity contribution in [3.05, 3.63) is 76.3 Å². The van der Waals surface area contributed by atoms with Crippen LogP contribution < -0.4 is 15.0 Å². The van der Waals surface area contributed by atoms with Crippen LogP contribution in [0.2, 0.25) is 0 Å². The van der Waals surface area contributed by atoms with Crippen LogP contribution in [0, 0.1) is 6.92 Å². The Balaban J connectivity index is 2.03. The van der Waals surface area contributed by atoms with Crippen molar-refractivity contribution in [3.63, 3.8) is 0 Å². The van der Waals surface area contributed by atoms with E-state index in [4.69, 9.17) is 17.0 Å². The van der Waals surface area contributed by atoms with Gasteiger partial charge in [-0.2, -0.15) is 0 Å². The van der Waals surface area contributed by atoms with Crippen molar-refractivity contribution in [1.82, 2.24) is 5.32 Å². The van der Waals surface area contributed by atoms with Crippen molar-refractivity contribution >= 4 is 56.8 Å². The molecule has 7 heteroatoms. The lowest BCUT2D eigenvalue weighted by Gasteiger charge is -2.29. The van der Waals surface area contributed by atoms with E-state index in [0.717, 1.165) is 10.0 Å². The second-order valence-electron chi connectivity index (χ2n) is 6.08. The fourth-order valence-corrected chi connectivity index (χ4v) is 3.31. The summed E-state index contributed by atoms with van der Waals surface area (Å²) in [4.78, 5) is 26.9. The van der Waals surface area contributed by atoms with Gasteiger partial charge in [-0.3, -0.25) is 19.8 Å².